The Hall–Kier alpha value is -1.97. The monoisotopic (exact) mass is 234 g/mol. The zero-order valence-electron chi connectivity index (χ0n) is 9.39. The van der Waals surface area contributed by atoms with Crippen LogP contribution in [0.15, 0.2) is 24.3 Å². The van der Waals surface area contributed by atoms with Gasteiger partial charge < -0.3 is 14.6 Å². The normalized spacial score (nSPS) is 13.2. The molecule has 0 atom stereocenters. The van der Waals surface area contributed by atoms with Crippen molar-refractivity contribution in [3.63, 3.8) is 0 Å². The van der Waals surface area contributed by atoms with Crippen LogP contribution in [-0.2, 0) is 4.79 Å². The Morgan fingerprint density at radius 1 is 1.35 bits per heavy atom. The van der Waals surface area contributed by atoms with Gasteiger partial charge >= 0.3 is 5.97 Å². The summed E-state index contributed by atoms with van der Waals surface area (Å²) in [4.78, 5) is 10.3. The van der Waals surface area contributed by atoms with Gasteiger partial charge in [-0.15, -0.1) is 0 Å². The summed E-state index contributed by atoms with van der Waals surface area (Å²) in [5, 5.41) is 8.48. The van der Waals surface area contributed by atoms with Gasteiger partial charge in [-0.25, -0.2) is 0 Å². The van der Waals surface area contributed by atoms with Crippen molar-refractivity contribution in [1.82, 2.24) is 0 Å². The minimum atomic E-state index is -0.749. The number of allylic oxidation sites excluding steroid dienone is 1. The maximum absolute atomic E-state index is 10.3. The number of carboxylic acid groups (broad SMARTS) is 1. The number of benzene rings is 1. The zero-order valence-corrected chi connectivity index (χ0v) is 9.39. The summed E-state index contributed by atoms with van der Waals surface area (Å²) in [5.74, 6) is 0.784. The molecule has 1 aromatic rings. The lowest BCUT2D eigenvalue weighted by Gasteiger charge is -1.97. The van der Waals surface area contributed by atoms with Crippen LogP contribution in [0.3, 0.4) is 0 Å². The highest BCUT2D eigenvalue weighted by Crippen LogP contribution is 2.32. The third-order valence-corrected chi connectivity index (χ3v) is 2.47. The van der Waals surface area contributed by atoms with Crippen molar-refractivity contribution < 1.29 is 19.4 Å². The first-order valence-electron chi connectivity index (χ1n) is 5.54. The van der Waals surface area contributed by atoms with E-state index in [1.165, 1.54) is 0 Å². The average molecular weight is 234 g/mol. The lowest BCUT2D eigenvalue weighted by molar-refractivity contribution is -0.137. The first-order chi connectivity index (χ1) is 8.25. The first-order valence-corrected chi connectivity index (χ1v) is 5.54. The molecule has 17 heavy (non-hydrogen) atoms. The van der Waals surface area contributed by atoms with Crippen LogP contribution in [0.2, 0.25) is 0 Å². The molecule has 4 nitrogen and oxygen atoms in total. The number of unbranched alkanes of at least 4 members (excludes halogenated alkanes) is 1. The van der Waals surface area contributed by atoms with Crippen LogP contribution in [0.1, 0.15) is 24.8 Å². The third kappa shape index (κ3) is 3.24. The molecule has 2 rings (SSSR count). The Labute approximate surface area is 99.5 Å². The smallest absolute Gasteiger partial charge is 0.303 e. The predicted octanol–water partition coefficient (Wildman–Crippen LogP) is 2.68. The number of rotatable bonds is 5. The number of hydrogen-bond acceptors (Lipinski definition) is 3. The van der Waals surface area contributed by atoms with Crippen LogP contribution in [0.4, 0.5) is 0 Å². The lowest BCUT2D eigenvalue weighted by Crippen LogP contribution is -1.92. The molecule has 1 aliphatic rings. The third-order valence-electron chi connectivity index (χ3n) is 2.47. The van der Waals surface area contributed by atoms with E-state index in [0.29, 0.717) is 6.42 Å². The number of fused-ring (bicyclic) bond motifs is 1. The van der Waals surface area contributed by atoms with Crippen LogP contribution < -0.4 is 9.47 Å². The van der Waals surface area contributed by atoms with Crippen molar-refractivity contribution in [3.8, 4) is 11.5 Å². The average Bonchev–Trinajstić information content (AvgIpc) is 2.75. The molecule has 0 amide bonds. The molecule has 0 fully saturated rings. The van der Waals surface area contributed by atoms with Crippen molar-refractivity contribution in [3.05, 3.63) is 29.8 Å². The number of aliphatic carboxylic acids is 1. The highest BCUT2D eigenvalue weighted by atomic mass is 16.7. The Kier molecular flexibility index (Phi) is 3.65. The number of hydrogen-bond donors (Lipinski definition) is 1. The molecule has 0 saturated heterocycles. The molecule has 0 aromatic heterocycles. The minimum absolute atomic E-state index is 0.214. The SMILES string of the molecule is O=C(O)CCC/C=C/c1ccc2c(c1)OCO2. The van der Waals surface area contributed by atoms with E-state index in [2.05, 4.69) is 0 Å². The maximum Gasteiger partial charge on any atom is 0.303 e. The summed E-state index contributed by atoms with van der Waals surface area (Å²) in [6, 6.07) is 5.73. The van der Waals surface area contributed by atoms with E-state index < -0.39 is 5.97 Å². The van der Waals surface area contributed by atoms with Gasteiger partial charge in [-0.1, -0.05) is 18.2 Å². The van der Waals surface area contributed by atoms with Gasteiger partial charge in [0, 0.05) is 6.42 Å². The molecule has 1 aromatic carbocycles. The summed E-state index contributed by atoms with van der Waals surface area (Å²) in [6.45, 7) is 0.279. The van der Waals surface area contributed by atoms with E-state index >= 15 is 0 Å². The van der Waals surface area contributed by atoms with Crippen LogP contribution in [0, 0.1) is 0 Å². The van der Waals surface area contributed by atoms with Gasteiger partial charge in [0.1, 0.15) is 0 Å². The van der Waals surface area contributed by atoms with Crippen LogP contribution >= 0.6 is 0 Å². The summed E-state index contributed by atoms with van der Waals surface area (Å²) in [7, 11) is 0. The topological polar surface area (TPSA) is 55.8 Å². The van der Waals surface area contributed by atoms with Gasteiger partial charge in [0.25, 0.3) is 0 Å². The fraction of sp³-hybridized carbons (Fsp3) is 0.308. The number of ether oxygens (including phenoxy) is 2. The van der Waals surface area contributed by atoms with Gasteiger partial charge in [-0.05, 0) is 30.5 Å². The fourth-order valence-corrected chi connectivity index (χ4v) is 1.61. The van der Waals surface area contributed by atoms with E-state index in [1.807, 2.05) is 30.4 Å². The van der Waals surface area contributed by atoms with E-state index in [0.717, 1.165) is 23.5 Å². The number of carbonyl (C=O) groups is 1. The largest absolute Gasteiger partial charge is 0.481 e. The summed E-state index contributed by atoms with van der Waals surface area (Å²) >= 11 is 0. The molecule has 1 N–H and O–H groups in total. The molecule has 0 spiro atoms. The second-order valence-corrected chi connectivity index (χ2v) is 3.80. The molecular formula is C13H14O4. The van der Waals surface area contributed by atoms with Crippen LogP contribution in [0.5, 0.6) is 11.5 Å². The van der Waals surface area contributed by atoms with Crippen molar-refractivity contribution in [2.24, 2.45) is 0 Å². The Balaban J connectivity index is 1.86. The molecule has 0 bridgehead atoms. The van der Waals surface area contributed by atoms with Crippen molar-refractivity contribution in [2.75, 3.05) is 6.79 Å². The molecule has 1 heterocycles. The zero-order chi connectivity index (χ0) is 12.1. The van der Waals surface area contributed by atoms with Gasteiger partial charge in [0.2, 0.25) is 6.79 Å². The second kappa shape index (κ2) is 5.39. The van der Waals surface area contributed by atoms with E-state index in [1.54, 1.807) is 0 Å². The van der Waals surface area contributed by atoms with Crippen molar-refractivity contribution in [1.29, 1.82) is 0 Å². The van der Waals surface area contributed by atoms with Gasteiger partial charge in [0.15, 0.2) is 11.5 Å². The molecule has 1 aliphatic heterocycles. The predicted molar refractivity (Wildman–Crippen MR) is 63.1 cm³/mol. The summed E-state index contributed by atoms with van der Waals surface area (Å²) < 4.78 is 10.5. The molecule has 0 saturated carbocycles. The van der Waals surface area contributed by atoms with Gasteiger partial charge in [-0.3, -0.25) is 4.79 Å². The summed E-state index contributed by atoms with van der Waals surface area (Å²) in [5.41, 5.74) is 1.03. The van der Waals surface area contributed by atoms with E-state index in [-0.39, 0.29) is 13.2 Å². The Bertz CT molecular complexity index is 437. The molecule has 90 valence electrons. The maximum atomic E-state index is 10.3. The van der Waals surface area contributed by atoms with Crippen molar-refractivity contribution >= 4 is 12.0 Å². The van der Waals surface area contributed by atoms with E-state index in [4.69, 9.17) is 14.6 Å². The molecule has 4 heteroatoms. The van der Waals surface area contributed by atoms with Crippen LogP contribution in [0.25, 0.3) is 6.08 Å². The quantitative estimate of drug-likeness (QED) is 0.796. The van der Waals surface area contributed by atoms with Crippen LogP contribution in [-0.4, -0.2) is 17.9 Å². The standard InChI is InChI=1S/C13H14O4/c14-13(15)5-3-1-2-4-10-6-7-11-12(8-10)17-9-16-11/h2,4,6-8H,1,3,5,9H2,(H,14,15)/b4-2+. The van der Waals surface area contributed by atoms with Gasteiger partial charge in [-0.2, -0.15) is 0 Å². The Morgan fingerprint density at radius 2 is 2.18 bits per heavy atom. The molecular weight excluding hydrogens is 220 g/mol. The first kappa shape index (κ1) is 11.5. The Morgan fingerprint density at radius 3 is 3.00 bits per heavy atom. The number of carboxylic acids is 1. The molecule has 0 radical (unpaired) electrons. The minimum Gasteiger partial charge on any atom is -0.481 e. The fourth-order valence-electron chi connectivity index (χ4n) is 1.61. The summed E-state index contributed by atoms with van der Waals surface area (Å²) in [6.07, 6.45) is 5.58. The highest BCUT2D eigenvalue weighted by molar-refractivity contribution is 5.66. The lowest BCUT2D eigenvalue weighted by atomic mass is 10.1. The molecule has 0 unspecified atom stereocenters. The van der Waals surface area contributed by atoms with Gasteiger partial charge in [0.05, 0.1) is 0 Å². The molecule has 0 aliphatic carbocycles. The highest BCUT2D eigenvalue weighted by Gasteiger charge is 2.11. The van der Waals surface area contributed by atoms with E-state index in [9.17, 15) is 4.79 Å². The second-order valence-electron chi connectivity index (χ2n) is 3.80. The van der Waals surface area contributed by atoms with Crippen molar-refractivity contribution in [2.45, 2.75) is 19.3 Å².